The van der Waals surface area contributed by atoms with Gasteiger partial charge in [-0.05, 0) is 24.4 Å². The Labute approximate surface area is 115 Å². The Kier molecular flexibility index (Phi) is 4.60. The minimum atomic E-state index is 0.164. The Bertz CT molecular complexity index is 441. The molecule has 1 N–H and O–H groups in total. The molecule has 0 aliphatic carbocycles. The molecule has 5 nitrogen and oxygen atoms in total. The monoisotopic (exact) mass is 288 g/mol. The highest BCUT2D eigenvalue weighted by Gasteiger charge is 2.18. The normalized spacial score (nSPS) is 15.2. The van der Waals surface area contributed by atoms with E-state index in [-0.39, 0.29) is 11.2 Å². The quantitative estimate of drug-likeness (QED) is 0.667. The van der Waals surface area contributed by atoms with E-state index in [9.17, 15) is 4.79 Å². The van der Waals surface area contributed by atoms with Crippen LogP contribution in [-0.4, -0.2) is 40.4 Å². The van der Waals surface area contributed by atoms with E-state index in [0.717, 1.165) is 25.9 Å². The van der Waals surface area contributed by atoms with Gasteiger partial charge in [-0.15, -0.1) is 0 Å². The molecule has 0 atom stereocenters. The topological polar surface area (TPSA) is 58.1 Å². The molecule has 1 saturated heterocycles. The first-order valence-electron chi connectivity index (χ1n) is 5.86. The Morgan fingerprint density at radius 1 is 1.44 bits per heavy atom. The number of carbonyl (C=O) groups excluding carboxylic acids is 1. The highest BCUT2D eigenvalue weighted by atomic mass is 35.5. The number of likely N-dealkylation sites (tertiary alicyclic amines) is 1. The first-order chi connectivity index (χ1) is 8.66. The summed E-state index contributed by atoms with van der Waals surface area (Å²) in [6, 6.07) is 0. The van der Waals surface area contributed by atoms with Crippen LogP contribution in [0.5, 0.6) is 0 Å². The van der Waals surface area contributed by atoms with Gasteiger partial charge in [-0.3, -0.25) is 4.79 Å². The van der Waals surface area contributed by atoms with Gasteiger partial charge in [0, 0.05) is 26.1 Å². The Morgan fingerprint density at radius 3 is 3.00 bits per heavy atom. The van der Waals surface area contributed by atoms with Crippen LogP contribution in [0.3, 0.4) is 0 Å². The Hall–Kier alpha value is -1.07. The summed E-state index contributed by atoms with van der Waals surface area (Å²) in [5, 5.41) is 3.69. The first-order valence-corrected chi connectivity index (χ1v) is 6.62. The summed E-state index contributed by atoms with van der Waals surface area (Å²) in [5.74, 6) is 0.780. The van der Waals surface area contributed by atoms with Crippen LogP contribution in [0.4, 0.5) is 5.82 Å². The molecule has 0 spiro atoms. The maximum absolute atomic E-state index is 11.4. The van der Waals surface area contributed by atoms with Crippen LogP contribution in [0.15, 0.2) is 6.20 Å². The van der Waals surface area contributed by atoms with Gasteiger partial charge in [-0.2, -0.15) is 4.98 Å². The van der Waals surface area contributed by atoms with E-state index < -0.39 is 0 Å². The minimum Gasteiger partial charge on any atom is -0.369 e. The van der Waals surface area contributed by atoms with Crippen LogP contribution in [0.1, 0.15) is 19.3 Å². The molecule has 1 aromatic heterocycles. The van der Waals surface area contributed by atoms with Crippen LogP contribution in [0, 0.1) is 0 Å². The molecule has 0 radical (unpaired) electrons. The van der Waals surface area contributed by atoms with E-state index in [4.69, 9.17) is 23.2 Å². The average Bonchev–Trinajstić information content (AvgIpc) is 2.75. The maximum Gasteiger partial charge on any atom is 0.224 e. The molecule has 7 heteroatoms. The number of carbonyl (C=O) groups is 1. The minimum absolute atomic E-state index is 0.164. The molecule has 2 heterocycles. The van der Waals surface area contributed by atoms with Crippen molar-refractivity contribution >= 4 is 34.9 Å². The van der Waals surface area contributed by atoms with Crippen molar-refractivity contribution in [2.45, 2.75) is 19.3 Å². The molecule has 1 aliphatic heterocycles. The highest BCUT2D eigenvalue weighted by molar-refractivity contribution is 6.33. The van der Waals surface area contributed by atoms with Gasteiger partial charge in [0.1, 0.15) is 10.8 Å². The number of amides is 1. The number of aromatic nitrogens is 2. The fourth-order valence-corrected chi connectivity index (χ4v) is 2.18. The van der Waals surface area contributed by atoms with Gasteiger partial charge in [0.05, 0.1) is 6.20 Å². The van der Waals surface area contributed by atoms with E-state index in [2.05, 4.69) is 15.3 Å². The number of rotatable bonds is 5. The SMILES string of the molecule is O=C1CCCN1CCCNc1nc(Cl)ncc1Cl. The maximum atomic E-state index is 11.4. The second kappa shape index (κ2) is 6.20. The number of anilines is 1. The second-order valence-corrected chi connectivity index (χ2v) is 4.85. The molecule has 1 amide bonds. The average molecular weight is 289 g/mol. The summed E-state index contributed by atoms with van der Waals surface area (Å²) in [6.45, 7) is 2.33. The Morgan fingerprint density at radius 2 is 2.28 bits per heavy atom. The molecule has 1 aromatic rings. The first kappa shape index (κ1) is 13.4. The summed E-state index contributed by atoms with van der Waals surface area (Å²) in [5.41, 5.74) is 0. The van der Waals surface area contributed by atoms with Gasteiger partial charge in [-0.1, -0.05) is 11.6 Å². The second-order valence-electron chi connectivity index (χ2n) is 4.10. The lowest BCUT2D eigenvalue weighted by atomic mass is 10.4. The third-order valence-electron chi connectivity index (χ3n) is 2.78. The Balaban J connectivity index is 1.75. The fourth-order valence-electron chi connectivity index (χ4n) is 1.89. The largest absolute Gasteiger partial charge is 0.369 e. The third kappa shape index (κ3) is 3.46. The summed E-state index contributed by atoms with van der Waals surface area (Å²) in [4.78, 5) is 21.0. The standard InChI is InChI=1S/C11H14Cl2N4O/c12-8-7-15-11(13)16-10(8)14-4-2-6-17-5-1-3-9(17)18/h7H,1-6H2,(H,14,15,16). The van der Waals surface area contributed by atoms with Crippen molar-refractivity contribution in [3.8, 4) is 0 Å². The molecule has 98 valence electrons. The van der Waals surface area contributed by atoms with Crippen molar-refractivity contribution in [3.05, 3.63) is 16.5 Å². The molecular weight excluding hydrogens is 275 g/mol. The zero-order chi connectivity index (χ0) is 13.0. The molecule has 0 aromatic carbocycles. The molecule has 0 saturated carbocycles. The molecule has 0 unspecified atom stereocenters. The van der Waals surface area contributed by atoms with Crippen LogP contribution < -0.4 is 5.32 Å². The molecule has 0 bridgehead atoms. The summed E-state index contributed by atoms with van der Waals surface area (Å²) >= 11 is 11.6. The molecule has 2 rings (SSSR count). The lowest BCUT2D eigenvalue weighted by molar-refractivity contribution is -0.127. The van der Waals surface area contributed by atoms with E-state index in [1.807, 2.05) is 4.90 Å². The van der Waals surface area contributed by atoms with E-state index >= 15 is 0 Å². The van der Waals surface area contributed by atoms with Crippen LogP contribution in [0.25, 0.3) is 0 Å². The zero-order valence-electron chi connectivity index (χ0n) is 9.83. The van der Waals surface area contributed by atoms with E-state index in [1.165, 1.54) is 6.20 Å². The van der Waals surface area contributed by atoms with Gasteiger partial charge in [-0.25, -0.2) is 4.98 Å². The van der Waals surface area contributed by atoms with Crippen molar-refractivity contribution in [1.82, 2.24) is 14.9 Å². The van der Waals surface area contributed by atoms with Crippen LogP contribution >= 0.6 is 23.2 Å². The van der Waals surface area contributed by atoms with Crippen molar-refractivity contribution in [3.63, 3.8) is 0 Å². The highest BCUT2D eigenvalue weighted by Crippen LogP contribution is 2.19. The molecular formula is C11H14Cl2N4O. The van der Waals surface area contributed by atoms with Gasteiger partial charge in [0.25, 0.3) is 0 Å². The number of hydrogen-bond donors (Lipinski definition) is 1. The summed E-state index contributed by atoms with van der Waals surface area (Å²) in [6.07, 6.45) is 3.97. The molecule has 1 fully saturated rings. The smallest absolute Gasteiger partial charge is 0.224 e. The van der Waals surface area contributed by atoms with Gasteiger partial charge >= 0.3 is 0 Å². The zero-order valence-corrected chi connectivity index (χ0v) is 11.3. The van der Waals surface area contributed by atoms with Crippen molar-refractivity contribution in [1.29, 1.82) is 0 Å². The number of nitrogens with zero attached hydrogens (tertiary/aromatic N) is 3. The lowest BCUT2D eigenvalue weighted by Gasteiger charge is -2.15. The van der Waals surface area contributed by atoms with E-state index in [1.54, 1.807) is 0 Å². The van der Waals surface area contributed by atoms with Gasteiger partial charge in [0.2, 0.25) is 11.2 Å². The van der Waals surface area contributed by atoms with Crippen molar-refractivity contribution in [2.75, 3.05) is 25.0 Å². The molecule has 1 aliphatic rings. The number of halogens is 2. The van der Waals surface area contributed by atoms with Crippen LogP contribution in [0.2, 0.25) is 10.3 Å². The van der Waals surface area contributed by atoms with E-state index in [0.29, 0.717) is 23.8 Å². The predicted molar refractivity (Wildman–Crippen MR) is 71.0 cm³/mol. The molecule has 18 heavy (non-hydrogen) atoms. The summed E-state index contributed by atoms with van der Waals surface area (Å²) < 4.78 is 0. The van der Waals surface area contributed by atoms with Gasteiger partial charge in [0.15, 0.2) is 0 Å². The van der Waals surface area contributed by atoms with Crippen molar-refractivity contribution in [2.24, 2.45) is 0 Å². The van der Waals surface area contributed by atoms with Crippen LogP contribution in [-0.2, 0) is 4.79 Å². The number of nitrogens with one attached hydrogen (secondary N) is 1. The van der Waals surface area contributed by atoms with Crippen molar-refractivity contribution < 1.29 is 4.79 Å². The third-order valence-corrected chi connectivity index (χ3v) is 3.24. The van der Waals surface area contributed by atoms with Gasteiger partial charge < -0.3 is 10.2 Å². The fraction of sp³-hybridized carbons (Fsp3) is 0.545. The lowest BCUT2D eigenvalue weighted by Crippen LogP contribution is -2.27. The number of hydrogen-bond acceptors (Lipinski definition) is 4. The predicted octanol–water partition coefficient (Wildman–Crippen LogP) is 2.21. The summed E-state index contributed by atoms with van der Waals surface area (Å²) in [7, 11) is 0.